The van der Waals surface area contributed by atoms with Gasteiger partial charge in [-0.1, -0.05) is 6.08 Å². The summed E-state index contributed by atoms with van der Waals surface area (Å²) >= 11 is 0. The first-order valence-corrected chi connectivity index (χ1v) is 4.44. The molecule has 0 unspecified atom stereocenters. The molecule has 0 aliphatic heterocycles. The van der Waals surface area contributed by atoms with Gasteiger partial charge in [-0.3, -0.25) is 0 Å². The van der Waals surface area contributed by atoms with Gasteiger partial charge < -0.3 is 4.79 Å². The summed E-state index contributed by atoms with van der Waals surface area (Å²) in [5, 5.41) is 0. The maximum atomic E-state index is 10.7. The highest BCUT2D eigenvalue weighted by molar-refractivity contribution is 5.56. The summed E-state index contributed by atoms with van der Waals surface area (Å²) in [5.41, 5.74) is 0. The van der Waals surface area contributed by atoms with Crippen LogP contribution in [-0.2, 0) is 4.79 Å². The lowest BCUT2D eigenvalue weighted by Crippen LogP contribution is -2.21. The van der Waals surface area contributed by atoms with Gasteiger partial charge in [0, 0.05) is 5.92 Å². The molecule has 2 saturated carbocycles. The third-order valence-corrected chi connectivity index (χ3v) is 3.48. The highest BCUT2D eigenvalue weighted by atomic mass is 16.1. The Morgan fingerprint density at radius 2 is 1.82 bits per heavy atom. The lowest BCUT2D eigenvalue weighted by molar-refractivity contribution is -0.113. The molecule has 2 bridgehead atoms. The van der Waals surface area contributed by atoms with E-state index in [9.17, 15) is 4.79 Å². The van der Waals surface area contributed by atoms with E-state index in [1.54, 1.807) is 0 Å². The average Bonchev–Trinajstić information content (AvgIpc) is 2.60. The minimum Gasteiger partial charge on any atom is -0.303 e. The Morgan fingerprint density at radius 3 is 2.27 bits per heavy atom. The van der Waals surface area contributed by atoms with Crippen molar-refractivity contribution in [3.8, 4) is 0 Å². The van der Waals surface area contributed by atoms with E-state index in [1.807, 2.05) is 6.08 Å². The maximum Gasteiger partial charge on any atom is 0.123 e. The topological polar surface area (TPSA) is 17.1 Å². The fraction of sp³-hybridized carbons (Fsp3) is 0.700. The molecule has 0 radical (unpaired) electrons. The largest absolute Gasteiger partial charge is 0.303 e. The zero-order chi connectivity index (χ0) is 7.84. The first-order chi connectivity index (χ1) is 5.36. The number of carbonyl (C=O) groups excluding carboxylic acids is 1. The van der Waals surface area contributed by atoms with Gasteiger partial charge in [0.15, 0.2) is 0 Å². The molecule has 1 heteroatoms. The standard InChI is InChI=1S/C10H14O/c1-2-9-7-3-4-8(5-7)10(9)6-11/h2,6-10H,1,3-5H2/t7-,8+,9-,10-/m0/s1. The van der Waals surface area contributed by atoms with Crippen molar-refractivity contribution in [3.63, 3.8) is 0 Å². The van der Waals surface area contributed by atoms with Crippen molar-refractivity contribution in [2.75, 3.05) is 0 Å². The third-order valence-electron chi connectivity index (χ3n) is 3.48. The quantitative estimate of drug-likeness (QED) is 0.435. The van der Waals surface area contributed by atoms with Crippen LogP contribution in [0.2, 0.25) is 0 Å². The predicted molar refractivity (Wildman–Crippen MR) is 44.1 cm³/mol. The number of carbonyl (C=O) groups is 1. The maximum absolute atomic E-state index is 10.7. The Labute approximate surface area is 67.5 Å². The van der Waals surface area contributed by atoms with Crippen LogP contribution in [0.3, 0.4) is 0 Å². The van der Waals surface area contributed by atoms with Crippen molar-refractivity contribution in [3.05, 3.63) is 12.7 Å². The van der Waals surface area contributed by atoms with Crippen LogP contribution in [-0.4, -0.2) is 6.29 Å². The normalized spacial score (nSPS) is 47.6. The lowest BCUT2D eigenvalue weighted by atomic mass is 9.80. The number of fused-ring (bicyclic) bond motifs is 2. The molecule has 0 aromatic heterocycles. The van der Waals surface area contributed by atoms with Crippen molar-refractivity contribution in [2.24, 2.45) is 23.7 Å². The van der Waals surface area contributed by atoms with Crippen LogP contribution in [0.15, 0.2) is 12.7 Å². The molecule has 0 heterocycles. The number of hydrogen-bond donors (Lipinski definition) is 0. The second-order valence-electron chi connectivity index (χ2n) is 3.86. The molecular formula is C10H14O. The van der Waals surface area contributed by atoms with E-state index >= 15 is 0 Å². The van der Waals surface area contributed by atoms with Crippen LogP contribution in [0.5, 0.6) is 0 Å². The summed E-state index contributed by atoms with van der Waals surface area (Å²) in [4.78, 5) is 10.7. The summed E-state index contributed by atoms with van der Waals surface area (Å²) in [6.07, 6.45) is 7.02. The van der Waals surface area contributed by atoms with Gasteiger partial charge in [-0.15, -0.1) is 6.58 Å². The molecule has 2 aliphatic rings. The molecule has 0 aromatic carbocycles. The Bertz CT molecular complexity index is 165. The van der Waals surface area contributed by atoms with Crippen LogP contribution >= 0.6 is 0 Å². The Morgan fingerprint density at radius 1 is 1.18 bits per heavy atom. The first kappa shape index (κ1) is 7.08. The van der Waals surface area contributed by atoms with Crippen LogP contribution in [0.4, 0.5) is 0 Å². The number of allylic oxidation sites excluding steroid dienone is 1. The van der Waals surface area contributed by atoms with Crippen molar-refractivity contribution in [1.29, 1.82) is 0 Å². The van der Waals surface area contributed by atoms with E-state index < -0.39 is 0 Å². The Hall–Kier alpha value is -0.590. The second-order valence-corrected chi connectivity index (χ2v) is 3.86. The molecule has 4 atom stereocenters. The van der Waals surface area contributed by atoms with Gasteiger partial charge in [0.2, 0.25) is 0 Å². The zero-order valence-electron chi connectivity index (χ0n) is 6.70. The first-order valence-electron chi connectivity index (χ1n) is 4.44. The Balaban J connectivity index is 2.19. The van der Waals surface area contributed by atoms with Gasteiger partial charge in [-0.05, 0) is 37.0 Å². The summed E-state index contributed by atoms with van der Waals surface area (Å²) in [7, 11) is 0. The van der Waals surface area contributed by atoms with Gasteiger partial charge in [-0.2, -0.15) is 0 Å². The highest BCUT2D eigenvalue weighted by Gasteiger charge is 2.45. The molecule has 60 valence electrons. The molecule has 2 rings (SSSR count). The zero-order valence-corrected chi connectivity index (χ0v) is 6.70. The van der Waals surface area contributed by atoms with Crippen molar-refractivity contribution >= 4 is 6.29 Å². The molecule has 2 fully saturated rings. The van der Waals surface area contributed by atoms with Gasteiger partial charge in [0.25, 0.3) is 0 Å². The molecule has 0 saturated heterocycles. The summed E-state index contributed by atoms with van der Waals surface area (Å²) in [6, 6.07) is 0. The summed E-state index contributed by atoms with van der Waals surface area (Å²) in [5.74, 6) is 2.30. The van der Waals surface area contributed by atoms with Crippen LogP contribution in [0.1, 0.15) is 19.3 Å². The van der Waals surface area contributed by atoms with E-state index in [2.05, 4.69) is 6.58 Å². The smallest absolute Gasteiger partial charge is 0.123 e. The van der Waals surface area contributed by atoms with Gasteiger partial charge >= 0.3 is 0 Å². The summed E-state index contributed by atoms with van der Waals surface area (Å²) in [6.45, 7) is 3.80. The summed E-state index contributed by atoms with van der Waals surface area (Å²) < 4.78 is 0. The van der Waals surface area contributed by atoms with Crippen molar-refractivity contribution < 1.29 is 4.79 Å². The minimum atomic E-state index is 0.311. The van der Waals surface area contributed by atoms with Crippen LogP contribution < -0.4 is 0 Å². The molecule has 1 nitrogen and oxygen atoms in total. The SMILES string of the molecule is C=C[C@H]1[C@H]2CC[C@H](C2)[C@@H]1C=O. The third kappa shape index (κ3) is 0.867. The van der Waals surface area contributed by atoms with Gasteiger partial charge in [0.05, 0.1) is 0 Å². The van der Waals surface area contributed by atoms with E-state index in [-0.39, 0.29) is 0 Å². The van der Waals surface area contributed by atoms with E-state index in [0.29, 0.717) is 17.8 Å². The fourth-order valence-electron chi connectivity index (χ4n) is 2.93. The van der Waals surface area contributed by atoms with Crippen molar-refractivity contribution in [1.82, 2.24) is 0 Å². The van der Waals surface area contributed by atoms with E-state index in [1.165, 1.54) is 19.3 Å². The second kappa shape index (κ2) is 2.47. The lowest BCUT2D eigenvalue weighted by Gasteiger charge is -2.23. The van der Waals surface area contributed by atoms with Gasteiger partial charge in [0.1, 0.15) is 6.29 Å². The van der Waals surface area contributed by atoms with Crippen LogP contribution in [0, 0.1) is 23.7 Å². The van der Waals surface area contributed by atoms with E-state index in [4.69, 9.17) is 0 Å². The Kier molecular flexibility index (Phi) is 1.59. The molecule has 0 amide bonds. The minimum absolute atomic E-state index is 0.311. The molecule has 0 N–H and O–H groups in total. The molecule has 2 aliphatic carbocycles. The molecule has 0 spiro atoms. The predicted octanol–water partition coefficient (Wildman–Crippen LogP) is 2.03. The van der Waals surface area contributed by atoms with Crippen LogP contribution in [0.25, 0.3) is 0 Å². The molecule has 11 heavy (non-hydrogen) atoms. The van der Waals surface area contributed by atoms with Gasteiger partial charge in [-0.25, -0.2) is 0 Å². The number of rotatable bonds is 2. The molecule has 0 aromatic rings. The monoisotopic (exact) mass is 150 g/mol. The van der Waals surface area contributed by atoms with Crippen molar-refractivity contribution in [2.45, 2.75) is 19.3 Å². The van der Waals surface area contributed by atoms with E-state index in [0.717, 1.165) is 12.2 Å². The highest BCUT2D eigenvalue weighted by Crippen LogP contribution is 2.51. The number of aldehydes is 1. The molecular weight excluding hydrogens is 136 g/mol. The fourth-order valence-corrected chi connectivity index (χ4v) is 2.93. The average molecular weight is 150 g/mol. The number of hydrogen-bond acceptors (Lipinski definition) is 1.